The zero-order valence-electron chi connectivity index (χ0n) is 11.3. The van der Waals surface area contributed by atoms with E-state index in [0.29, 0.717) is 51.3 Å². The lowest BCUT2D eigenvalue weighted by Gasteiger charge is -2.35. The van der Waals surface area contributed by atoms with Crippen LogP contribution in [0.25, 0.3) is 0 Å². The maximum absolute atomic E-state index is 11.4. The normalized spacial score (nSPS) is 18.7. The molecule has 104 valence electrons. The zero-order chi connectivity index (χ0) is 13.6. The highest BCUT2D eigenvalue weighted by Gasteiger charge is 2.31. The number of carbonyl (C=O) groups excluding carboxylic acids is 1. The van der Waals surface area contributed by atoms with Gasteiger partial charge in [0.15, 0.2) is 0 Å². The number of carbonyl (C=O) groups is 1. The molecule has 0 radical (unpaired) electrons. The van der Waals surface area contributed by atoms with Crippen molar-refractivity contribution in [2.75, 3.05) is 40.0 Å². The van der Waals surface area contributed by atoms with Crippen molar-refractivity contribution < 1.29 is 19.4 Å². The second kappa shape index (κ2) is 6.87. The molecule has 0 saturated carbocycles. The topological polar surface area (TPSA) is 59.0 Å². The lowest BCUT2D eigenvalue weighted by atomic mass is 9.94. The standard InChI is InChI=1S/C13H23NO4/c1-4-18-12(15)11(2)9-14(3)10-13(16)5-7-17-8-6-13/h16H,2,4-10H2,1,3H3. The van der Waals surface area contributed by atoms with Gasteiger partial charge in [-0.1, -0.05) is 6.58 Å². The van der Waals surface area contributed by atoms with Gasteiger partial charge in [0.1, 0.15) is 0 Å². The Bertz CT molecular complexity index is 297. The number of nitrogens with zero attached hydrogens (tertiary/aromatic N) is 1. The van der Waals surface area contributed by atoms with Crippen molar-refractivity contribution in [2.45, 2.75) is 25.4 Å². The number of aliphatic hydroxyl groups is 1. The largest absolute Gasteiger partial charge is 0.463 e. The molecule has 0 aromatic heterocycles. The van der Waals surface area contributed by atoms with E-state index in [1.165, 1.54) is 0 Å². The summed E-state index contributed by atoms with van der Waals surface area (Å²) in [5, 5.41) is 10.3. The first-order chi connectivity index (χ1) is 8.47. The van der Waals surface area contributed by atoms with Crippen LogP contribution in [0, 0.1) is 0 Å². The highest BCUT2D eigenvalue weighted by atomic mass is 16.5. The summed E-state index contributed by atoms with van der Waals surface area (Å²) in [5.74, 6) is -0.372. The predicted molar refractivity (Wildman–Crippen MR) is 68.3 cm³/mol. The van der Waals surface area contributed by atoms with Gasteiger partial charge in [-0.2, -0.15) is 0 Å². The number of likely N-dealkylation sites (N-methyl/N-ethyl adjacent to an activating group) is 1. The number of esters is 1. The average Bonchev–Trinajstić information content (AvgIpc) is 2.29. The second-order valence-corrected chi connectivity index (χ2v) is 4.83. The Labute approximate surface area is 108 Å². The number of ether oxygens (including phenoxy) is 2. The Morgan fingerprint density at radius 2 is 2.11 bits per heavy atom. The Morgan fingerprint density at radius 1 is 1.50 bits per heavy atom. The molecule has 1 saturated heterocycles. The molecule has 0 aromatic carbocycles. The van der Waals surface area contributed by atoms with Crippen LogP contribution in [0.5, 0.6) is 0 Å². The first kappa shape index (κ1) is 15.1. The van der Waals surface area contributed by atoms with Crippen molar-refractivity contribution in [1.29, 1.82) is 0 Å². The van der Waals surface area contributed by atoms with E-state index >= 15 is 0 Å². The summed E-state index contributed by atoms with van der Waals surface area (Å²) in [6, 6.07) is 0. The third-order valence-electron chi connectivity index (χ3n) is 3.01. The first-order valence-electron chi connectivity index (χ1n) is 6.30. The van der Waals surface area contributed by atoms with Crippen molar-refractivity contribution in [3.05, 3.63) is 12.2 Å². The van der Waals surface area contributed by atoms with Gasteiger partial charge in [-0.25, -0.2) is 4.79 Å². The summed E-state index contributed by atoms with van der Waals surface area (Å²) in [7, 11) is 1.86. The van der Waals surface area contributed by atoms with Crippen LogP contribution in [-0.4, -0.2) is 61.5 Å². The van der Waals surface area contributed by atoms with Crippen LogP contribution in [-0.2, 0) is 14.3 Å². The summed E-state index contributed by atoms with van der Waals surface area (Å²) in [5.41, 5.74) is -0.308. The van der Waals surface area contributed by atoms with Gasteiger partial charge in [0.2, 0.25) is 0 Å². The average molecular weight is 257 g/mol. The maximum Gasteiger partial charge on any atom is 0.334 e. The van der Waals surface area contributed by atoms with Crippen molar-refractivity contribution in [3.63, 3.8) is 0 Å². The van der Waals surface area contributed by atoms with E-state index in [4.69, 9.17) is 9.47 Å². The van der Waals surface area contributed by atoms with Crippen LogP contribution in [0.2, 0.25) is 0 Å². The summed E-state index contributed by atoms with van der Waals surface area (Å²) in [6.07, 6.45) is 1.26. The van der Waals surface area contributed by atoms with Gasteiger partial charge in [0, 0.05) is 44.7 Å². The molecule has 0 bridgehead atoms. The maximum atomic E-state index is 11.4. The van der Waals surface area contributed by atoms with E-state index in [2.05, 4.69) is 6.58 Å². The summed E-state index contributed by atoms with van der Waals surface area (Å²) in [6.45, 7) is 7.91. The van der Waals surface area contributed by atoms with E-state index in [-0.39, 0.29) is 5.97 Å². The van der Waals surface area contributed by atoms with Gasteiger partial charge in [0.05, 0.1) is 12.2 Å². The monoisotopic (exact) mass is 257 g/mol. The third kappa shape index (κ3) is 4.76. The smallest absolute Gasteiger partial charge is 0.334 e. The van der Waals surface area contributed by atoms with Crippen molar-refractivity contribution in [1.82, 2.24) is 4.90 Å². The second-order valence-electron chi connectivity index (χ2n) is 4.83. The molecule has 0 aliphatic carbocycles. The molecule has 0 unspecified atom stereocenters. The molecule has 5 heteroatoms. The molecular formula is C13H23NO4. The number of rotatable bonds is 6. The highest BCUT2D eigenvalue weighted by Crippen LogP contribution is 2.21. The summed E-state index contributed by atoms with van der Waals surface area (Å²) < 4.78 is 10.1. The molecule has 1 aliphatic rings. The third-order valence-corrected chi connectivity index (χ3v) is 3.01. The van der Waals surface area contributed by atoms with Crippen LogP contribution < -0.4 is 0 Å². The fourth-order valence-electron chi connectivity index (χ4n) is 2.09. The summed E-state index contributed by atoms with van der Waals surface area (Å²) >= 11 is 0. The van der Waals surface area contributed by atoms with E-state index in [9.17, 15) is 9.90 Å². The molecule has 1 N–H and O–H groups in total. The Kier molecular flexibility index (Phi) is 5.78. The lowest BCUT2D eigenvalue weighted by molar-refractivity contribution is -0.139. The molecule has 0 amide bonds. The molecule has 1 aliphatic heterocycles. The highest BCUT2D eigenvalue weighted by molar-refractivity contribution is 5.88. The fraction of sp³-hybridized carbons (Fsp3) is 0.769. The molecule has 1 heterocycles. The molecular weight excluding hydrogens is 234 g/mol. The number of hydrogen-bond donors (Lipinski definition) is 1. The molecule has 5 nitrogen and oxygen atoms in total. The molecule has 1 fully saturated rings. The SMILES string of the molecule is C=C(CN(C)CC1(O)CCOCC1)C(=O)OCC. The number of hydrogen-bond acceptors (Lipinski definition) is 5. The van der Waals surface area contributed by atoms with Crippen molar-refractivity contribution >= 4 is 5.97 Å². The van der Waals surface area contributed by atoms with E-state index in [1.54, 1.807) is 6.92 Å². The van der Waals surface area contributed by atoms with Crippen LogP contribution in [0.3, 0.4) is 0 Å². The van der Waals surface area contributed by atoms with Crippen molar-refractivity contribution in [2.24, 2.45) is 0 Å². The Morgan fingerprint density at radius 3 is 2.67 bits per heavy atom. The van der Waals surface area contributed by atoms with Gasteiger partial charge in [-0.3, -0.25) is 4.90 Å². The van der Waals surface area contributed by atoms with Crippen LogP contribution >= 0.6 is 0 Å². The van der Waals surface area contributed by atoms with E-state index in [1.807, 2.05) is 11.9 Å². The first-order valence-corrected chi connectivity index (χ1v) is 6.30. The predicted octanol–water partition coefficient (Wildman–Crippen LogP) is 0.579. The van der Waals surface area contributed by atoms with Crippen LogP contribution in [0.4, 0.5) is 0 Å². The van der Waals surface area contributed by atoms with Crippen LogP contribution in [0.1, 0.15) is 19.8 Å². The Balaban J connectivity index is 2.38. The van der Waals surface area contributed by atoms with Gasteiger partial charge in [0.25, 0.3) is 0 Å². The molecule has 0 aromatic rings. The summed E-state index contributed by atoms with van der Waals surface area (Å²) in [4.78, 5) is 13.3. The molecule has 0 atom stereocenters. The molecule has 18 heavy (non-hydrogen) atoms. The van der Waals surface area contributed by atoms with Gasteiger partial charge in [-0.15, -0.1) is 0 Å². The van der Waals surface area contributed by atoms with Crippen molar-refractivity contribution in [3.8, 4) is 0 Å². The van der Waals surface area contributed by atoms with E-state index < -0.39 is 5.60 Å². The van der Waals surface area contributed by atoms with Gasteiger partial charge in [-0.05, 0) is 14.0 Å². The quantitative estimate of drug-likeness (QED) is 0.557. The zero-order valence-corrected chi connectivity index (χ0v) is 11.3. The fourth-order valence-corrected chi connectivity index (χ4v) is 2.09. The minimum atomic E-state index is -0.720. The van der Waals surface area contributed by atoms with E-state index in [0.717, 1.165) is 0 Å². The van der Waals surface area contributed by atoms with Gasteiger partial charge < -0.3 is 14.6 Å². The lowest BCUT2D eigenvalue weighted by Crippen LogP contribution is -2.46. The molecule has 1 rings (SSSR count). The Hall–Kier alpha value is -0.910. The van der Waals surface area contributed by atoms with Gasteiger partial charge >= 0.3 is 5.97 Å². The van der Waals surface area contributed by atoms with Crippen LogP contribution in [0.15, 0.2) is 12.2 Å². The minimum Gasteiger partial charge on any atom is -0.463 e. The minimum absolute atomic E-state index is 0.350. The molecule has 0 spiro atoms.